The van der Waals surface area contributed by atoms with Gasteiger partial charge in [-0.05, 0) is 24.5 Å². The van der Waals surface area contributed by atoms with E-state index in [4.69, 9.17) is 5.11 Å². The lowest BCUT2D eigenvalue weighted by atomic mass is 9.91. The molecule has 0 fully saturated rings. The normalized spacial score (nSPS) is 11.9. The first-order chi connectivity index (χ1) is 8.56. The van der Waals surface area contributed by atoms with Crippen molar-refractivity contribution in [3.05, 3.63) is 35.4 Å². The molecule has 0 saturated heterocycles. The fourth-order valence-corrected chi connectivity index (χ4v) is 1.87. The van der Waals surface area contributed by atoms with E-state index in [9.17, 15) is 9.59 Å². The van der Waals surface area contributed by atoms with Crippen molar-refractivity contribution < 1.29 is 14.7 Å². The van der Waals surface area contributed by atoms with Gasteiger partial charge < -0.3 is 10.4 Å². The van der Waals surface area contributed by atoms with Crippen LogP contribution in [0.4, 0.5) is 0 Å². The summed E-state index contributed by atoms with van der Waals surface area (Å²) in [5.74, 6) is -1.79. The maximum Gasteiger partial charge on any atom is 0.304 e. The molecule has 18 heavy (non-hydrogen) atoms. The smallest absolute Gasteiger partial charge is 0.304 e. The first-order valence-corrected chi connectivity index (χ1v) is 6.11. The van der Waals surface area contributed by atoms with E-state index in [1.165, 1.54) is 0 Å². The van der Waals surface area contributed by atoms with Gasteiger partial charge in [-0.3, -0.25) is 9.59 Å². The molecular weight excluding hydrogens is 230 g/mol. The predicted molar refractivity (Wildman–Crippen MR) is 69.5 cm³/mol. The zero-order chi connectivity index (χ0) is 13.5. The van der Waals surface area contributed by atoms with Gasteiger partial charge in [0.25, 0.3) is 0 Å². The molecule has 0 aliphatic rings. The molecule has 1 amide bonds. The van der Waals surface area contributed by atoms with Crippen LogP contribution in [0.3, 0.4) is 0 Å². The number of rotatable bonds is 6. The maximum absolute atomic E-state index is 12.0. The summed E-state index contributed by atoms with van der Waals surface area (Å²) in [6.45, 7) is 4.42. The maximum atomic E-state index is 12.0. The second-order valence-corrected chi connectivity index (χ2v) is 4.30. The van der Waals surface area contributed by atoms with Crippen LogP contribution in [0.25, 0.3) is 0 Å². The van der Waals surface area contributed by atoms with Gasteiger partial charge in [0, 0.05) is 6.54 Å². The molecule has 0 heterocycles. The van der Waals surface area contributed by atoms with Crippen molar-refractivity contribution in [2.45, 2.75) is 32.6 Å². The van der Waals surface area contributed by atoms with E-state index in [0.29, 0.717) is 6.54 Å². The van der Waals surface area contributed by atoms with Crippen molar-refractivity contribution >= 4 is 11.9 Å². The first-order valence-electron chi connectivity index (χ1n) is 6.11. The second kappa shape index (κ2) is 6.79. The molecule has 0 radical (unpaired) electrons. The third-order valence-corrected chi connectivity index (χ3v) is 2.81. The van der Waals surface area contributed by atoms with E-state index < -0.39 is 11.9 Å². The number of carbonyl (C=O) groups is 2. The van der Waals surface area contributed by atoms with Crippen molar-refractivity contribution in [1.82, 2.24) is 5.32 Å². The van der Waals surface area contributed by atoms with Crippen LogP contribution >= 0.6 is 0 Å². The number of benzene rings is 1. The minimum Gasteiger partial charge on any atom is -0.481 e. The third kappa shape index (κ3) is 3.87. The van der Waals surface area contributed by atoms with Crippen LogP contribution in [0, 0.1) is 6.92 Å². The number of hydrogen-bond acceptors (Lipinski definition) is 2. The zero-order valence-electron chi connectivity index (χ0n) is 10.8. The Labute approximate surface area is 107 Å². The quantitative estimate of drug-likeness (QED) is 0.811. The van der Waals surface area contributed by atoms with Crippen LogP contribution in [-0.4, -0.2) is 23.5 Å². The molecule has 1 aromatic carbocycles. The SMILES string of the molecule is CCCNC(=O)C(CC(=O)O)c1ccccc1C. The van der Waals surface area contributed by atoms with E-state index >= 15 is 0 Å². The van der Waals surface area contributed by atoms with Gasteiger partial charge in [0.05, 0.1) is 12.3 Å². The molecule has 1 atom stereocenters. The topological polar surface area (TPSA) is 66.4 Å². The van der Waals surface area contributed by atoms with Crippen molar-refractivity contribution in [2.24, 2.45) is 0 Å². The van der Waals surface area contributed by atoms with Crippen molar-refractivity contribution in [1.29, 1.82) is 0 Å². The minimum absolute atomic E-state index is 0.180. The summed E-state index contributed by atoms with van der Waals surface area (Å²) in [6.07, 6.45) is 0.652. The Morgan fingerprint density at radius 2 is 2.00 bits per heavy atom. The number of nitrogens with one attached hydrogen (secondary N) is 1. The fraction of sp³-hybridized carbons (Fsp3) is 0.429. The summed E-state index contributed by atoms with van der Waals surface area (Å²) in [4.78, 5) is 22.9. The van der Waals surface area contributed by atoms with Crippen LogP contribution in [0.1, 0.15) is 36.8 Å². The van der Waals surface area contributed by atoms with Crippen molar-refractivity contribution in [2.75, 3.05) is 6.54 Å². The third-order valence-electron chi connectivity index (χ3n) is 2.81. The van der Waals surface area contributed by atoms with Gasteiger partial charge in [0.15, 0.2) is 0 Å². The highest BCUT2D eigenvalue weighted by molar-refractivity contribution is 5.88. The first kappa shape index (κ1) is 14.2. The van der Waals surface area contributed by atoms with Crippen LogP contribution in [0.2, 0.25) is 0 Å². The molecule has 4 heteroatoms. The summed E-state index contributed by atoms with van der Waals surface area (Å²) in [6, 6.07) is 7.40. The molecular formula is C14H19NO3. The molecule has 0 spiro atoms. The Morgan fingerprint density at radius 1 is 1.33 bits per heavy atom. The molecule has 0 aliphatic heterocycles. The van der Waals surface area contributed by atoms with Gasteiger partial charge in [0.2, 0.25) is 5.91 Å². The lowest BCUT2D eigenvalue weighted by Crippen LogP contribution is -2.31. The lowest BCUT2D eigenvalue weighted by molar-refractivity contribution is -0.139. The summed E-state index contributed by atoms with van der Waals surface area (Å²) in [5, 5.41) is 11.7. The van der Waals surface area contributed by atoms with Gasteiger partial charge in [-0.15, -0.1) is 0 Å². The van der Waals surface area contributed by atoms with Gasteiger partial charge in [0.1, 0.15) is 0 Å². The van der Waals surface area contributed by atoms with Crippen LogP contribution in [0.5, 0.6) is 0 Å². The van der Waals surface area contributed by atoms with E-state index in [-0.39, 0.29) is 12.3 Å². The van der Waals surface area contributed by atoms with E-state index in [1.807, 2.05) is 38.1 Å². The number of amides is 1. The Bertz CT molecular complexity index is 429. The monoisotopic (exact) mass is 249 g/mol. The molecule has 0 saturated carbocycles. The number of hydrogen-bond donors (Lipinski definition) is 2. The van der Waals surface area contributed by atoms with E-state index in [2.05, 4.69) is 5.32 Å². The summed E-state index contributed by atoms with van der Waals surface area (Å²) < 4.78 is 0. The average molecular weight is 249 g/mol. The lowest BCUT2D eigenvalue weighted by Gasteiger charge is -2.17. The summed E-state index contributed by atoms with van der Waals surface area (Å²) in [7, 11) is 0. The average Bonchev–Trinajstić information content (AvgIpc) is 2.34. The highest BCUT2D eigenvalue weighted by Gasteiger charge is 2.24. The van der Waals surface area contributed by atoms with Crippen molar-refractivity contribution in [3.63, 3.8) is 0 Å². The van der Waals surface area contributed by atoms with Gasteiger partial charge in [-0.25, -0.2) is 0 Å². The molecule has 0 bridgehead atoms. The zero-order valence-corrected chi connectivity index (χ0v) is 10.8. The minimum atomic E-state index is -0.963. The Hall–Kier alpha value is -1.84. The fourth-order valence-electron chi connectivity index (χ4n) is 1.87. The summed E-state index contributed by atoms with van der Waals surface area (Å²) >= 11 is 0. The number of carbonyl (C=O) groups excluding carboxylic acids is 1. The van der Waals surface area contributed by atoms with E-state index in [1.54, 1.807) is 0 Å². The molecule has 1 rings (SSSR count). The predicted octanol–water partition coefficient (Wildman–Crippen LogP) is 2.08. The molecule has 2 N–H and O–H groups in total. The van der Waals surface area contributed by atoms with Crippen LogP contribution in [-0.2, 0) is 9.59 Å². The highest BCUT2D eigenvalue weighted by Crippen LogP contribution is 2.23. The molecule has 1 aromatic rings. The number of carboxylic acids is 1. The standard InChI is InChI=1S/C14H19NO3/c1-3-8-15-14(18)12(9-13(16)17)11-7-5-4-6-10(11)2/h4-7,12H,3,8-9H2,1-2H3,(H,15,18)(H,16,17). The Balaban J connectivity index is 2.94. The molecule has 0 aromatic heterocycles. The van der Waals surface area contributed by atoms with Gasteiger partial charge in [-0.1, -0.05) is 31.2 Å². The number of carboxylic acid groups (broad SMARTS) is 1. The van der Waals surface area contributed by atoms with Gasteiger partial charge in [-0.2, -0.15) is 0 Å². The van der Waals surface area contributed by atoms with E-state index in [0.717, 1.165) is 17.5 Å². The second-order valence-electron chi connectivity index (χ2n) is 4.30. The van der Waals surface area contributed by atoms with Crippen LogP contribution < -0.4 is 5.32 Å². The highest BCUT2D eigenvalue weighted by atomic mass is 16.4. The summed E-state index contributed by atoms with van der Waals surface area (Å²) in [5.41, 5.74) is 1.73. The number of aliphatic carboxylic acids is 1. The Kier molecular flexibility index (Phi) is 5.36. The van der Waals surface area contributed by atoms with Gasteiger partial charge >= 0.3 is 5.97 Å². The number of aryl methyl sites for hydroxylation is 1. The largest absolute Gasteiger partial charge is 0.481 e. The van der Waals surface area contributed by atoms with Crippen molar-refractivity contribution in [3.8, 4) is 0 Å². The molecule has 0 aliphatic carbocycles. The molecule has 1 unspecified atom stereocenters. The molecule has 4 nitrogen and oxygen atoms in total. The van der Waals surface area contributed by atoms with Crippen LogP contribution in [0.15, 0.2) is 24.3 Å². The Morgan fingerprint density at radius 3 is 2.56 bits per heavy atom. The molecule has 98 valence electrons.